The molecule has 2 aromatic carbocycles. The van der Waals surface area contributed by atoms with Gasteiger partial charge < -0.3 is 14.8 Å². The monoisotopic (exact) mass is 382 g/mol. The molecule has 0 unspecified atom stereocenters. The van der Waals surface area contributed by atoms with Crippen molar-refractivity contribution in [2.75, 3.05) is 6.61 Å². The maximum Gasteiger partial charge on any atom is 0.417 e. The van der Waals surface area contributed by atoms with E-state index < -0.39 is 24.1 Å². The van der Waals surface area contributed by atoms with Gasteiger partial charge in [0.2, 0.25) is 0 Å². The molecule has 7 heteroatoms. The van der Waals surface area contributed by atoms with Crippen molar-refractivity contribution in [3.63, 3.8) is 0 Å². The summed E-state index contributed by atoms with van der Waals surface area (Å²) in [6, 6.07) is 17.9. The van der Waals surface area contributed by atoms with Gasteiger partial charge in [-0.1, -0.05) is 60.7 Å². The third-order valence-corrected chi connectivity index (χ3v) is 4.93. The number of benzene rings is 2. The number of thiocarbonyl (C=S) groups is 1. The first-order valence-corrected chi connectivity index (χ1v) is 9.10. The number of cyclic esters (lactones) is 1. The fourth-order valence-corrected chi connectivity index (χ4v) is 3.66. The van der Waals surface area contributed by atoms with Gasteiger partial charge >= 0.3 is 6.09 Å². The summed E-state index contributed by atoms with van der Waals surface area (Å²) < 4.78 is 10.8. The molecule has 2 amide bonds. The van der Waals surface area contributed by atoms with Crippen LogP contribution in [-0.2, 0) is 20.7 Å². The molecule has 138 valence electrons. The molecule has 0 spiro atoms. The maximum absolute atomic E-state index is 13.2. The predicted molar refractivity (Wildman–Crippen MR) is 102 cm³/mol. The van der Waals surface area contributed by atoms with Crippen molar-refractivity contribution < 1.29 is 19.1 Å². The zero-order valence-corrected chi connectivity index (χ0v) is 15.2. The van der Waals surface area contributed by atoms with Crippen molar-refractivity contribution in [3.8, 4) is 0 Å². The Kier molecular flexibility index (Phi) is 4.77. The highest BCUT2D eigenvalue weighted by atomic mass is 32.1. The quantitative estimate of drug-likeness (QED) is 0.820. The van der Waals surface area contributed by atoms with E-state index in [4.69, 9.17) is 21.7 Å². The van der Waals surface area contributed by atoms with Crippen LogP contribution in [0.15, 0.2) is 60.7 Å². The molecule has 27 heavy (non-hydrogen) atoms. The van der Waals surface area contributed by atoms with Crippen molar-refractivity contribution >= 4 is 29.4 Å². The number of nitrogens with one attached hydrogen (secondary N) is 1. The van der Waals surface area contributed by atoms with Gasteiger partial charge in [0.05, 0.1) is 6.04 Å². The van der Waals surface area contributed by atoms with Crippen molar-refractivity contribution in [1.82, 2.24) is 10.2 Å². The summed E-state index contributed by atoms with van der Waals surface area (Å²) >= 11 is 5.11. The minimum Gasteiger partial charge on any atom is -0.460 e. The number of carbonyl (C=O) groups excluding carboxylic acids is 2. The second-order valence-electron chi connectivity index (χ2n) is 6.49. The average molecular weight is 382 g/mol. The van der Waals surface area contributed by atoms with Crippen LogP contribution in [0.1, 0.15) is 17.2 Å². The number of nitrogens with zero attached hydrogens (tertiary/aromatic N) is 1. The van der Waals surface area contributed by atoms with Gasteiger partial charge in [0.25, 0.3) is 11.1 Å². The molecule has 2 aliphatic heterocycles. The van der Waals surface area contributed by atoms with Crippen molar-refractivity contribution in [2.24, 2.45) is 0 Å². The molecule has 0 aliphatic carbocycles. The summed E-state index contributed by atoms with van der Waals surface area (Å²) in [5, 5.41) is 3.04. The number of hydrogen-bond donors (Lipinski definition) is 1. The smallest absolute Gasteiger partial charge is 0.417 e. The number of amides is 2. The zero-order chi connectivity index (χ0) is 18.8. The summed E-state index contributed by atoms with van der Waals surface area (Å²) in [4.78, 5) is 26.7. The fraction of sp³-hybridized carbons (Fsp3) is 0.250. The van der Waals surface area contributed by atoms with Crippen LogP contribution in [0.4, 0.5) is 4.79 Å². The first-order chi connectivity index (χ1) is 13.1. The molecule has 0 bridgehead atoms. The van der Waals surface area contributed by atoms with E-state index in [1.165, 1.54) is 4.90 Å². The number of carbonyl (C=O) groups is 2. The van der Waals surface area contributed by atoms with Gasteiger partial charge in [-0.05, 0) is 29.8 Å². The van der Waals surface area contributed by atoms with Gasteiger partial charge in [-0.3, -0.25) is 4.79 Å². The summed E-state index contributed by atoms with van der Waals surface area (Å²) in [5.41, 5.74) is 1.85. The third-order valence-electron chi connectivity index (χ3n) is 4.72. The van der Waals surface area contributed by atoms with Crippen LogP contribution < -0.4 is 5.32 Å². The Labute approximate surface area is 162 Å². The zero-order valence-electron chi connectivity index (χ0n) is 14.4. The Morgan fingerprint density at radius 2 is 1.78 bits per heavy atom. The third kappa shape index (κ3) is 3.50. The predicted octanol–water partition coefficient (Wildman–Crippen LogP) is 2.59. The number of hydrogen-bond acceptors (Lipinski definition) is 5. The molecule has 3 atom stereocenters. The van der Waals surface area contributed by atoms with Crippen LogP contribution in [0, 0.1) is 0 Å². The van der Waals surface area contributed by atoms with Crippen molar-refractivity contribution in [3.05, 3.63) is 71.8 Å². The minimum atomic E-state index is -0.774. The summed E-state index contributed by atoms with van der Waals surface area (Å²) in [6.45, 7) is 0.174. The molecule has 6 nitrogen and oxygen atoms in total. The molecule has 2 heterocycles. The molecule has 2 aliphatic rings. The van der Waals surface area contributed by atoms with Crippen LogP contribution in [0.5, 0.6) is 0 Å². The lowest BCUT2D eigenvalue weighted by molar-refractivity contribution is -0.132. The normalized spacial score (nSPS) is 24.3. The lowest BCUT2D eigenvalue weighted by atomic mass is 10.0. The summed E-state index contributed by atoms with van der Waals surface area (Å²) in [5.74, 6) is -0.396. The van der Waals surface area contributed by atoms with E-state index in [9.17, 15) is 9.59 Å². The summed E-state index contributed by atoms with van der Waals surface area (Å²) in [7, 11) is 0. The van der Waals surface area contributed by atoms with E-state index in [1.54, 1.807) is 0 Å². The topological polar surface area (TPSA) is 67.9 Å². The van der Waals surface area contributed by atoms with Gasteiger partial charge in [-0.15, -0.1) is 0 Å². The van der Waals surface area contributed by atoms with Gasteiger partial charge in [-0.2, -0.15) is 0 Å². The molecule has 2 saturated heterocycles. The maximum atomic E-state index is 13.2. The van der Waals surface area contributed by atoms with Gasteiger partial charge in [0.15, 0.2) is 12.1 Å². The largest absolute Gasteiger partial charge is 0.460 e. The number of ether oxygens (including phenoxy) is 2. The van der Waals surface area contributed by atoms with Crippen LogP contribution >= 0.6 is 12.2 Å². The SMILES string of the molecule is O=C1OC[C@H](Cc2ccccc2)N1C(=O)[C@H]1NC(=S)O[C@@H]1c1ccccc1. The van der Waals surface area contributed by atoms with Gasteiger partial charge in [0, 0.05) is 0 Å². The van der Waals surface area contributed by atoms with Crippen molar-refractivity contribution in [1.29, 1.82) is 0 Å². The highest BCUT2D eigenvalue weighted by molar-refractivity contribution is 7.80. The van der Waals surface area contributed by atoms with E-state index >= 15 is 0 Å². The number of rotatable bonds is 4. The molecular weight excluding hydrogens is 364 g/mol. The van der Waals surface area contributed by atoms with Crippen molar-refractivity contribution in [2.45, 2.75) is 24.6 Å². The Morgan fingerprint density at radius 3 is 2.48 bits per heavy atom. The highest BCUT2D eigenvalue weighted by Crippen LogP contribution is 2.29. The molecule has 2 fully saturated rings. The Hall–Kier alpha value is -2.93. The second kappa shape index (κ2) is 7.36. The van der Waals surface area contributed by atoms with Gasteiger partial charge in [-0.25, -0.2) is 9.69 Å². The molecule has 0 aromatic heterocycles. The fourth-order valence-electron chi connectivity index (χ4n) is 3.43. The van der Waals surface area contributed by atoms with E-state index in [2.05, 4.69) is 5.32 Å². The van der Waals surface area contributed by atoms with E-state index in [-0.39, 0.29) is 17.8 Å². The highest BCUT2D eigenvalue weighted by Gasteiger charge is 2.47. The second-order valence-corrected chi connectivity index (χ2v) is 6.86. The number of imide groups is 1. The average Bonchev–Trinajstić information content (AvgIpc) is 3.26. The Balaban J connectivity index is 1.57. The molecule has 0 saturated carbocycles. The van der Waals surface area contributed by atoms with E-state index in [0.29, 0.717) is 6.42 Å². The van der Waals surface area contributed by atoms with Crippen LogP contribution in [0.3, 0.4) is 0 Å². The van der Waals surface area contributed by atoms with Crippen LogP contribution in [-0.4, -0.2) is 40.8 Å². The van der Waals surface area contributed by atoms with Crippen LogP contribution in [0.2, 0.25) is 0 Å². The van der Waals surface area contributed by atoms with E-state index in [0.717, 1.165) is 11.1 Å². The summed E-state index contributed by atoms with van der Waals surface area (Å²) in [6.07, 6.45) is -0.684. The molecule has 4 rings (SSSR count). The Morgan fingerprint density at radius 1 is 1.11 bits per heavy atom. The van der Waals surface area contributed by atoms with E-state index in [1.807, 2.05) is 60.7 Å². The molecule has 0 radical (unpaired) electrons. The molecule has 1 N–H and O–H groups in total. The Bertz CT molecular complexity index is 859. The molecule has 2 aromatic rings. The lowest BCUT2D eigenvalue weighted by Gasteiger charge is -2.24. The lowest BCUT2D eigenvalue weighted by Crippen LogP contribution is -2.50. The van der Waals surface area contributed by atoms with Crippen LogP contribution in [0.25, 0.3) is 0 Å². The van der Waals surface area contributed by atoms with Gasteiger partial charge in [0.1, 0.15) is 6.61 Å². The first-order valence-electron chi connectivity index (χ1n) is 8.69. The standard InChI is InChI=1S/C20H18N2O4S/c23-18(16-17(26-19(27)21-16)14-9-5-2-6-10-14)22-15(12-25-20(22)24)11-13-7-3-1-4-8-13/h1-10,15-17H,11-12H2,(H,21,27)/t15-,16-,17+/m0/s1. The minimum absolute atomic E-state index is 0.148. The first kappa shape index (κ1) is 17.5. The molecular formula is C20H18N2O4S.